The zero-order valence-corrected chi connectivity index (χ0v) is 42.7. The van der Waals surface area contributed by atoms with E-state index in [9.17, 15) is 0 Å². The number of ether oxygens (including phenoxy) is 6. The largest absolute Gasteiger partial charge is 0.496 e. The van der Waals surface area contributed by atoms with Crippen LogP contribution < -0.4 is 24.0 Å². The number of fused-ring (bicyclic) bond motifs is 8. The van der Waals surface area contributed by atoms with Gasteiger partial charge in [0.1, 0.15) is 23.0 Å². The molecule has 1 aliphatic carbocycles. The van der Waals surface area contributed by atoms with Gasteiger partial charge < -0.3 is 38.2 Å². The van der Waals surface area contributed by atoms with Crippen molar-refractivity contribution >= 4 is 33.9 Å². The number of hydrogen-bond acceptors (Lipinski definition) is 8. The van der Waals surface area contributed by atoms with Crippen LogP contribution in [-0.4, -0.2) is 67.9 Å². The molecule has 8 aromatic rings. The molecule has 1 unspecified atom stereocenters. The molecule has 1 fully saturated rings. The molecule has 8 nitrogen and oxygen atoms in total. The second-order valence-electron chi connectivity index (χ2n) is 19.6. The standard InChI is InChI=1S/C65H64N2O6/c1-45-18-31-54-59(42-45)64(33-12-38-68-3,34-13-39-69-4)62-55-32-35-65(48-23-29-53(30-24-48)72-52-16-10-7-11-17-52,47-21-27-50(28-22-47)66(2)49-14-8-6-9-15-49)73-63(55)58-44-60(70-5)56(43-57(58)61(54)62)46-19-25-51(26-20-46)67-36-40-71-41-37-67/h6-11,14-32,35,42-44H,12-13,33-34,36-41H2,1-5H3. The van der Waals surface area contributed by atoms with Gasteiger partial charge >= 0.3 is 0 Å². The Kier molecular flexibility index (Phi) is 13.5. The molecular weight excluding hydrogens is 905 g/mol. The highest BCUT2D eigenvalue weighted by atomic mass is 16.5. The van der Waals surface area contributed by atoms with Crippen molar-refractivity contribution in [3.8, 4) is 45.3 Å². The van der Waals surface area contributed by atoms with Gasteiger partial charge in [0.15, 0.2) is 5.60 Å². The van der Waals surface area contributed by atoms with Gasteiger partial charge in [0.05, 0.1) is 20.3 Å². The van der Waals surface area contributed by atoms with Gasteiger partial charge in [-0.05, 0) is 145 Å². The Hall–Kier alpha value is -7.36. The number of morpholine rings is 1. The van der Waals surface area contributed by atoms with E-state index in [1.165, 1.54) is 33.5 Å². The Balaban J connectivity index is 1.15. The molecule has 8 aromatic carbocycles. The van der Waals surface area contributed by atoms with E-state index in [-0.39, 0.29) is 5.41 Å². The first-order chi connectivity index (χ1) is 35.8. The van der Waals surface area contributed by atoms with E-state index in [0.717, 1.165) is 125 Å². The van der Waals surface area contributed by atoms with Crippen LogP contribution in [0.4, 0.5) is 17.1 Å². The fourth-order valence-corrected chi connectivity index (χ4v) is 11.7. The summed E-state index contributed by atoms with van der Waals surface area (Å²) in [7, 11) is 7.49. The SMILES string of the molecule is COCCCC1(CCCOC)c2cc(C)ccc2-c2c1c1c(c3cc(OC)c(-c4ccc(N5CCOCC5)cc4)cc23)OC(c2ccc(Oc3ccccc3)cc2)(c2ccc(N(C)c3ccccc3)cc2)C=C1. The van der Waals surface area contributed by atoms with Crippen LogP contribution in [0.2, 0.25) is 0 Å². The molecule has 73 heavy (non-hydrogen) atoms. The Labute approximate surface area is 430 Å². The molecule has 2 heterocycles. The monoisotopic (exact) mass is 968 g/mol. The third kappa shape index (κ3) is 8.92. The van der Waals surface area contributed by atoms with Gasteiger partial charge in [-0.2, -0.15) is 0 Å². The molecule has 8 heteroatoms. The van der Waals surface area contributed by atoms with Crippen molar-refractivity contribution in [1.82, 2.24) is 0 Å². The average Bonchev–Trinajstić information content (AvgIpc) is 3.72. The fourth-order valence-electron chi connectivity index (χ4n) is 11.7. The first-order valence-corrected chi connectivity index (χ1v) is 25.7. The molecule has 3 aliphatic rings. The van der Waals surface area contributed by atoms with Gasteiger partial charge in [-0.1, -0.05) is 103 Å². The van der Waals surface area contributed by atoms with Gasteiger partial charge in [0, 0.05) is 97.7 Å². The number of hydrogen-bond donors (Lipinski definition) is 0. The second kappa shape index (κ2) is 20.6. The molecule has 1 saturated heterocycles. The van der Waals surface area contributed by atoms with Crippen LogP contribution in [0.1, 0.15) is 59.1 Å². The summed E-state index contributed by atoms with van der Waals surface area (Å²) in [5.74, 6) is 3.13. The normalized spacial score (nSPS) is 16.4. The minimum atomic E-state index is -1.04. The smallest absolute Gasteiger partial charge is 0.178 e. The highest BCUT2D eigenvalue weighted by molar-refractivity contribution is 6.11. The lowest BCUT2D eigenvalue weighted by molar-refractivity contribution is 0.122. The molecule has 0 amide bonds. The Bertz CT molecular complexity index is 3230. The van der Waals surface area contributed by atoms with Crippen LogP contribution in [-0.2, 0) is 25.2 Å². The maximum atomic E-state index is 8.01. The summed E-state index contributed by atoms with van der Waals surface area (Å²) in [4.78, 5) is 4.60. The van der Waals surface area contributed by atoms with E-state index in [0.29, 0.717) is 13.2 Å². The van der Waals surface area contributed by atoms with Crippen LogP contribution in [0.15, 0.2) is 170 Å². The van der Waals surface area contributed by atoms with Crippen LogP contribution in [0.25, 0.3) is 39.1 Å². The lowest BCUT2D eigenvalue weighted by Gasteiger charge is -2.40. The molecule has 0 bridgehead atoms. The number of rotatable bonds is 17. The van der Waals surface area contributed by atoms with Crippen LogP contribution in [0.3, 0.4) is 0 Å². The Morgan fingerprint density at radius 1 is 0.630 bits per heavy atom. The van der Waals surface area contributed by atoms with E-state index in [1.54, 1.807) is 21.3 Å². The maximum Gasteiger partial charge on any atom is 0.178 e. The van der Waals surface area contributed by atoms with Crippen molar-refractivity contribution in [2.75, 3.05) is 77.7 Å². The third-order valence-electron chi connectivity index (χ3n) is 15.4. The molecule has 0 radical (unpaired) electrons. The number of para-hydroxylation sites is 2. The summed E-state index contributed by atoms with van der Waals surface area (Å²) in [5.41, 5.74) is 13.6. The van der Waals surface area contributed by atoms with Gasteiger partial charge in [-0.15, -0.1) is 0 Å². The van der Waals surface area contributed by atoms with Gasteiger partial charge in [0.25, 0.3) is 0 Å². The van der Waals surface area contributed by atoms with Gasteiger partial charge in [0.2, 0.25) is 0 Å². The molecule has 11 rings (SSSR count). The molecule has 0 spiro atoms. The van der Waals surface area contributed by atoms with E-state index >= 15 is 0 Å². The molecular formula is C65H64N2O6. The number of methoxy groups -OCH3 is 3. The summed E-state index contributed by atoms with van der Waals surface area (Å²) >= 11 is 0. The lowest BCUT2D eigenvalue weighted by atomic mass is 9.68. The van der Waals surface area contributed by atoms with E-state index in [1.807, 2.05) is 48.5 Å². The molecule has 0 aromatic heterocycles. The highest BCUT2D eigenvalue weighted by Crippen LogP contribution is 2.62. The van der Waals surface area contributed by atoms with Crippen molar-refractivity contribution < 1.29 is 28.4 Å². The molecule has 0 saturated carbocycles. The highest BCUT2D eigenvalue weighted by Gasteiger charge is 2.48. The van der Waals surface area contributed by atoms with E-state index in [2.05, 4.69) is 151 Å². The second-order valence-corrected chi connectivity index (χ2v) is 19.6. The molecule has 0 N–H and O–H groups in total. The van der Waals surface area contributed by atoms with Gasteiger partial charge in [-0.25, -0.2) is 0 Å². The van der Waals surface area contributed by atoms with Crippen LogP contribution >= 0.6 is 0 Å². The predicted octanol–water partition coefficient (Wildman–Crippen LogP) is 14.7. The zero-order chi connectivity index (χ0) is 49.9. The summed E-state index contributed by atoms with van der Waals surface area (Å²) in [6, 6.07) is 58.2. The fraction of sp³-hybridized carbons (Fsp3) is 0.262. The summed E-state index contributed by atoms with van der Waals surface area (Å²) in [6.45, 7) is 6.76. The quantitative estimate of drug-likeness (QED) is 0.0837. The number of aryl methyl sites for hydroxylation is 1. The van der Waals surface area contributed by atoms with Crippen molar-refractivity contribution in [3.63, 3.8) is 0 Å². The Morgan fingerprint density at radius 2 is 1.26 bits per heavy atom. The van der Waals surface area contributed by atoms with Gasteiger partial charge in [-0.3, -0.25) is 0 Å². The van der Waals surface area contributed by atoms with Crippen molar-refractivity contribution in [2.45, 2.75) is 43.6 Å². The third-order valence-corrected chi connectivity index (χ3v) is 15.4. The first kappa shape index (κ1) is 47.9. The summed E-state index contributed by atoms with van der Waals surface area (Å²) in [6.07, 6.45) is 8.23. The van der Waals surface area contributed by atoms with Crippen molar-refractivity contribution in [2.24, 2.45) is 0 Å². The Morgan fingerprint density at radius 3 is 1.92 bits per heavy atom. The summed E-state index contributed by atoms with van der Waals surface area (Å²) < 4.78 is 38.1. The molecule has 370 valence electrons. The minimum absolute atomic E-state index is 0.361. The lowest BCUT2D eigenvalue weighted by Crippen LogP contribution is -2.36. The van der Waals surface area contributed by atoms with Crippen molar-refractivity contribution in [1.29, 1.82) is 0 Å². The van der Waals surface area contributed by atoms with Crippen LogP contribution in [0, 0.1) is 6.92 Å². The maximum absolute atomic E-state index is 8.01. The topological polar surface area (TPSA) is 61.9 Å². The summed E-state index contributed by atoms with van der Waals surface area (Å²) in [5, 5.41) is 2.12. The predicted molar refractivity (Wildman–Crippen MR) is 296 cm³/mol. The van der Waals surface area contributed by atoms with Crippen molar-refractivity contribution in [3.05, 3.63) is 203 Å². The average molecular weight is 969 g/mol. The van der Waals surface area contributed by atoms with Crippen LogP contribution in [0.5, 0.6) is 23.0 Å². The molecule has 1 atom stereocenters. The molecule has 2 aliphatic heterocycles. The number of anilines is 3. The van der Waals surface area contributed by atoms with E-state index < -0.39 is 5.60 Å². The zero-order valence-electron chi connectivity index (χ0n) is 42.7. The number of benzene rings is 8. The minimum Gasteiger partial charge on any atom is -0.496 e. The first-order valence-electron chi connectivity index (χ1n) is 25.7. The van der Waals surface area contributed by atoms with E-state index in [4.69, 9.17) is 28.4 Å². The number of nitrogens with zero attached hydrogens (tertiary/aromatic N) is 2.